The summed E-state index contributed by atoms with van der Waals surface area (Å²) < 4.78 is 0. The van der Waals surface area contributed by atoms with Gasteiger partial charge in [0, 0.05) is 33.8 Å². The van der Waals surface area contributed by atoms with Gasteiger partial charge < -0.3 is 10.6 Å². The van der Waals surface area contributed by atoms with Crippen molar-refractivity contribution >= 4 is 41.7 Å². The van der Waals surface area contributed by atoms with Gasteiger partial charge in [-0.2, -0.15) is 0 Å². The lowest BCUT2D eigenvalue weighted by atomic mass is 10.1. The molecule has 2 aromatic rings. The van der Waals surface area contributed by atoms with Crippen molar-refractivity contribution in [2.45, 2.75) is 30.0 Å². The molecule has 2 unspecified atom stereocenters. The average molecular weight is 411 g/mol. The standard InChI is InChI=1S/C20H23ClN2OS.ClH/c1-14-10-16(11-22)12-23(14)20(24)17-4-2-15(3-5-17)13-25-19-8-6-18(21)7-9-19;/h2-9,14,16H,10-13,22H2,1H3;1H. The number of halogens is 2. The zero-order valence-electron chi connectivity index (χ0n) is 14.7. The first-order valence-electron chi connectivity index (χ1n) is 8.55. The third-order valence-electron chi connectivity index (χ3n) is 4.68. The molecule has 3 nitrogen and oxygen atoms in total. The highest BCUT2D eigenvalue weighted by atomic mass is 35.5. The number of nitrogens with zero attached hydrogens (tertiary/aromatic N) is 1. The number of rotatable bonds is 5. The Hall–Kier alpha value is -1.20. The first-order valence-corrected chi connectivity index (χ1v) is 9.91. The molecular weight excluding hydrogens is 387 g/mol. The number of nitrogens with two attached hydrogens (primary N) is 1. The van der Waals surface area contributed by atoms with E-state index >= 15 is 0 Å². The first-order chi connectivity index (χ1) is 12.1. The molecule has 1 saturated heterocycles. The van der Waals surface area contributed by atoms with Crippen molar-refractivity contribution in [2.24, 2.45) is 11.7 Å². The molecule has 0 aliphatic carbocycles. The third kappa shape index (κ3) is 5.17. The molecule has 2 N–H and O–H groups in total. The molecule has 1 heterocycles. The normalized spacial score (nSPS) is 19.3. The van der Waals surface area contributed by atoms with Crippen molar-refractivity contribution in [1.82, 2.24) is 4.90 Å². The lowest BCUT2D eigenvalue weighted by molar-refractivity contribution is 0.0743. The number of amides is 1. The molecule has 3 rings (SSSR count). The molecule has 26 heavy (non-hydrogen) atoms. The first kappa shape index (κ1) is 21.1. The number of hydrogen-bond acceptors (Lipinski definition) is 3. The molecule has 140 valence electrons. The number of likely N-dealkylation sites (tertiary alicyclic amines) is 1. The van der Waals surface area contributed by atoms with Gasteiger partial charge in [0.05, 0.1) is 0 Å². The van der Waals surface area contributed by atoms with Gasteiger partial charge in [0.1, 0.15) is 0 Å². The van der Waals surface area contributed by atoms with Crippen molar-refractivity contribution in [3.05, 3.63) is 64.7 Å². The molecule has 0 bridgehead atoms. The van der Waals surface area contributed by atoms with E-state index < -0.39 is 0 Å². The molecule has 1 aliphatic heterocycles. The summed E-state index contributed by atoms with van der Waals surface area (Å²) >= 11 is 7.66. The summed E-state index contributed by atoms with van der Waals surface area (Å²) in [5, 5.41) is 0.750. The highest BCUT2D eigenvalue weighted by Gasteiger charge is 2.31. The molecular formula is C20H24Cl2N2OS. The van der Waals surface area contributed by atoms with Crippen molar-refractivity contribution < 1.29 is 4.79 Å². The van der Waals surface area contributed by atoms with E-state index in [1.807, 2.05) is 53.4 Å². The predicted octanol–water partition coefficient (Wildman–Crippen LogP) is 4.86. The minimum atomic E-state index is 0. The zero-order chi connectivity index (χ0) is 17.8. The van der Waals surface area contributed by atoms with Gasteiger partial charge in [0.25, 0.3) is 5.91 Å². The zero-order valence-corrected chi connectivity index (χ0v) is 17.1. The van der Waals surface area contributed by atoms with Crippen molar-refractivity contribution in [3.8, 4) is 0 Å². The minimum Gasteiger partial charge on any atom is -0.336 e. The van der Waals surface area contributed by atoms with Crippen LogP contribution in [-0.2, 0) is 5.75 Å². The fraction of sp³-hybridized carbons (Fsp3) is 0.350. The molecule has 0 saturated carbocycles. The lowest BCUT2D eigenvalue weighted by Crippen LogP contribution is -2.34. The second kappa shape index (κ2) is 9.65. The fourth-order valence-corrected chi connectivity index (χ4v) is 4.18. The van der Waals surface area contributed by atoms with Crippen LogP contribution >= 0.6 is 35.8 Å². The maximum atomic E-state index is 12.7. The predicted molar refractivity (Wildman–Crippen MR) is 112 cm³/mol. The second-order valence-electron chi connectivity index (χ2n) is 6.58. The number of hydrogen-bond donors (Lipinski definition) is 1. The van der Waals surface area contributed by atoms with E-state index in [0.717, 1.165) is 29.3 Å². The van der Waals surface area contributed by atoms with E-state index in [0.29, 0.717) is 12.5 Å². The van der Waals surface area contributed by atoms with Crippen LogP contribution in [0.2, 0.25) is 5.02 Å². The van der Waals surface area contributed by atoms with Gasteiger partial charge in [-0.3, -0.25) is 4.79 Å². The molecule has 1 aliphatic rings. The van der Waals surface area contributed by atoms with Crippen molar-refractivity contribution in [2.75, 3.05) is 13.1 Å². The minimum absolute atomic E-state index is 0. The summed E-state index contributed by atoms with van der Waals surface area (Å²) in [7, 11) is 0. The smallest absolute Gasteiger partial charge is 0.254 e. The summed E-state index contributed by atoms with van der Waals surface area (Å²) in [5.41, 5.74) is 7.71. The molecule has 1 amide bonds. The highest BCUT2D eigenvalue weighted by Crippen LogP contribution is 2.26. The Bertz CT molecular complexity index is 722. The average Bonchev–Trinajstić information content (AvgIpc) is 3.02. The number of carbonyl (C=O) groups is 1. The molecule has 2 atom stereocenters. The molecule has 0 aromatic heterocycles. The Morgan fingerprint density at radius 3 is 2.42 bits per heavy atom. The van der Waals surface area contributed by atoms with E-state index in [1.165, 1.54) is 10.5 Å². The lowest BCUT2D eigenvalue weighted by Gasteiger charge is -2.21. The van der Waals surface area contributed by atoms with Crippen LogP contribution in [0.15, 0.2) is 53.4 Å². The Labute approximate surface area is 170 Å². The van der Waals surface area contributed by atoms with Crippen LogP contribution in [-0.4, -0.2) is 29.9 Å². The van der Waals surface area contributed by atoms with Crippen LogP contribution in [0.5, 0.6) is 0 Å². The Kier molecular flexibility index (Phi) is 7.84. The van der Waals surface area contributed by atoms with Crippen LogP contribution in [0, 0.1) is 5.92 Å². The Morgan fingerprint density at radius 2 is 1.85 bits per heavy atom. The van der Waals surface area contributed by atoms with Gasteiger partial charge in [0.2, 0.25) is 0 Å². The monoisotopic (exact) mass is 410 g/mol. The largest absolute Gasteiger partial charge is 0.336 e. The summed E-state index contributed by atoms with van der Waals surface area (Å²) in [6, 6.07) is 16.1. The summed E-state index contributed by atoms with van der Waals surface area (Å²) in [5.74, 6) is 1.40. The second-order valence-corrected chi connectivity index (χ2v) is 8.07. The van der Waals surface area contributed by atoms with E-state index in [-0.39, 0.29) is 24.4 Å². The van der Waals surface area contributed by atoms with Crippen LogP contribution < -0.4 is 5.73 Å². The van der Waals surface area contributed by atoms with Gasteiger partial charge in [-0.15, -0.1) is 24.2 Å². The molecule has 0 spiro atoms. The van der Waals surface area contributed by atoms with Gasteiger partial charge >= 0.3 is 0 Å². The van der Waals surface area contributed by atoms with Crippen molar-refractivity contribution in [1.29, 1.82) is 0 Å². The maximum absolute atomic E-state index is 12.7. The quantitative estimate of drug-likeness (QED) is 0.715. The van der Waals surface area contributed by atoms with Gasteiger partial charge in [-0.1, -0.05) is 23.7 Å². The third-order valence-corrected chi connectivity index (χ3v) is 6.01. The van der Waals surface area contributed by atoms with E-state index in [9.17, 15) is 4.79 Å². The summed E-state index contributed by atoms with van der Waals surface area (Å²) in [6.07, 6.45) is 0.998. The topological polar surface area (TPSA) is 46.3 Å². The fourth-order valence-electron chi connectivity index (χ4n) is 3.20. The molecule has 2 aromatic carbocycles. The van der Waals surface area contributed by atoms with E-state index in [4.69, 9.17) is 17.3 Å². The molecule has 6 heteroatoms. The van der Waals surface area contributed by atoms with E-state index in [1.54, 1.807) is 11.8 Å². The number of thioether (sulfide) groups is 1. The molecule has 0 radical (unpaired) electrons. The maximum Gasteiger partial charge on any atom is 0.254 e. The van der Waals surface area contributed by atoms with Crippen molar-refractivity contribution in [3.63, 3.8) is 0 Å². The highest BCUT2D eigenvalue weighted by molar-refractivity contribution is 7.98. The Morgan fingerprint density at radius 1 is 1.19 bits per heavy atom. The molecule has 1 fully saturated rings. The summed E-state index contributed by atoms with van der Waals surface area (Å²) in [6.45, 7) is 3.52. The van der Waals surface area contributed by atoms with Crippen LogP contribution in [0.4, 0.5) is 0 Å². The van der Waals surface area contributed by atoms with Crippen LogP contribution in [0.25, 0.3) is 0 Å². The number of benzene rings is 2. The summed E-state index contributed by atoms with van der Waals surface area (Å²) in [4.78, 5) is 15.8. The number of carbonyl (C=O) groups excluding carboxylic acids is 1. The van der Waals surface area contributed by atoms with Gasteiger partial charge in [-0.05, 0) is 67.8 Å². The van der Waals surface area contributed by atoms with Gasteiger partial charge in [-0.25, -0.2) is 0 Å². The van der Waals surface area contributed by atoms with Gasteiger partial charge in [0.15, 0.2) is 0 Å². The SMILES string of the molecule is CC1CC(CN)CN1C(=O)c1ccc(CSc2ccc(Cl)cc2)cc1.Cl. The Balaban J connectivity index is 0.00000243. The van der Waals surface area contributed by atoms with Crippen LogP contribution in [0.1, 0.15) is 29.3 Å². The van der Waals surface area contributed by atoms with E-state index in [2.05, 4.69) is 6.92 Å². The van der Waals surface area contributed by atoms with Crippen LogP contribution in [0.3, 0.4) is 0 Å².